The largest absolute Gasteiger partial charge is 0.329 e. The Morgan fingerprint density at radius 2 is 1.69 bits per heavy atom. The lowest BCUT2D eigenvalue weighted by Gasteiger charge is -2.16. The first-order chi connectivity index (χ1) is 15.2. The third kappa shape index (κ3) is 4.10. The molecule has 0 radical (unpaired) electrons. The van der Waals surface area contributed by atoms with Crippen molar-refractivity contribution in [2.75, 3.05) is 18.4 Å². The van der Waals surface area contributed by atoms with E-state index in [4.69, 9.17) is 0 Å². The van der Waals surface area contributed by atoms with Gasteiger partial charge < -0.3 is 5.32 Å². The molecule has 0 unspecified atom stereocenters. The molecule has 0 spiro atoms. The van der Waals surface area contributed by atoms with Crippen LogP contribution in [0.2, 0.25) is 0 Å². The summed E-state index contributed by atoms with van der Waals surface area (Å²) >= 11 is 0. The van der Waals surface area contributed by atoms with Crippen LogP contribution in [0.15, 0.2) is 52.2 Å². The van der Waals surface area contributed by atoms with Gasteiger partial charge in [-0.2, -0.15) is 4.31 Å². The van der Waals surface area contributed by atoms with Crippen LogP contribution in [0.3, 0.4) is 0 Å². The summed E-state index contributed by atoms with van der Waals surface area (Å²) in [5, 5.41) is 2.80. The van der Waals surface area contributed by atoms with E-state index in [1.54, 1.807) is 28.8 Å². The second kappa shape index (κ2) is 8.55. The number of amides is 1. The maximum absolute atomic E-state index is 13.2. The Kier molecular flexibility index (Phi) is 5.96. The standard InChI is InChI=1S/C23H28N4O4S/c1-16(2)27-20-11-10-19(32(30,31)25-12-4-5-13-25)14-21(20)26(23(27)29)15-22(28)24-18-8-6-17(3)7-9-18/h6-11,14,16H,4-5,12-13,15H2,1-3H3,(H,24,28). The van der Waals surface area contributed by atoms with Crippen LogP contribution in [-0.4, -0.2) is 40.9 Å². The van der Waals surface area contributed by atoms with Gasteiger partial charge in [-0.25, -0.2) is 13.2 Å². The van der Waals surface area contributed by atoms with E-state index in [1.807, 2.05) is 32.9 Å². The van der Waals surface area contributed by atoms with E-state index in [9.17, 15) is 18.0 Å². The number of nitrogens with one attached hydrogen (secondary N) is 1. The summed E-state index contributed by atoms with van der Waals surface area (Å²) in [7, 11) is -3.64. The maximum atomic E-state index is 13.2. The number of aryl methyl sites for hydroxylation is 1. The number of benzene rings is 2. The molecule has 3 aromatic rings. The number of nitrogens with zero attached hydrogens (tertiary/aromatic N) is 3. The van der Waals surface area contributed by atoms with Crippen LogP contribution in [0.1, 0.15) is 38.3 Å². The van der Waals surface area contributed by atoms with Crippen molar-refractivity contribution >= 4 is 32.7 Å². The van der Waals surface area contributed by atoms with Crippen molar-refractivity contribution in [2.24, 2.45) is 0 Å². The molecule has 0 bridgehead atoms. The fourth-order valence-electron chi connectivity index (χ4n) is 4.13. The highest BCUT2D eigenvalue weighted by Crippen LogP contribution is 2.25. The topological polar surface area (TPSA) is 93.4 Å². The molecule has 0 aliphatic carbocycles. The molecule has 1 fully saturated rings. The lowest BCUT2D eigenvalue weighted by molar-refractivity contribution is -0.116. The Labute approximate surface area is 187 Å². The zero-order valence-electron chi connectivity index (χ0n) is 18.5. The molecule has 0 saturated carbocycles. The Morgan fingerprint density at radius 3 is 2.31 bits per heavy atom. The molecule has 1 aliphatic heterocycles. The SMILES string of the molecule is Cc1ccc(NC(=O)Cn2c(=O)n(C(C)C)c3ccc(S(=O)(=O)N4CCCC4)cc32)cc1. The summed E-state index contributed by atoms with van der Waals surface area (Å²) in [5.74, 6) is -0.355. The van der Waals surface area contributed by atoms with E-state index >= 15 is 0 Å². The number of carbonyl (C=O) groups excluding carboxylic acids is 1. The molecule has 0 atom stereocenters. The highest BCUT2D eigenvalue weighted by molar-refractivity contribution is 7.89. The Balaban J connectivity index is 1.74. The smallest absolute Gasteiger partial charge is 0.325 e. The number of sulfonamides is 1. The molecule has 1 saturated heterocycles. The van der Waals surface area contributed by atoms with E-state index in [-0.39, 0.29) is 29.1 Å². The van der Waals surface area contributed by atoms with Gasteiger partial charge in [0.1, 0.15) is 6.54 Å². The highest BCUT2D eigenvalue weighted by Gasteiger charge is 2.28. The average molecular weight is 457 g/mol. The molecule has 2 heterocycles. The van der Waals surface area contributed by atoms with Gasteiger partial charge in [0.2, 0.25) is 15.9 Å². The number of carbonyl (C=O) groups is 1. The number of imidazole rings is 1. The Hall–Kier alpha value is -2.91. The number of hydrogen-bond donors (Lipinski definition) is 1. The predicted molar refractivity (Wildman–Crippen MR) is 124 cm³/mol. The van der Waals surface area contributed by atoms with Crippen LogP contribution < -0.4 is 11.0 Å². The van der Waals surface area contributed by atoms with Gasteiger partial charge in [-0.1, -0.05) is 17.7 Å². The van der Waals surface area contributed by atoms with Gasteiger partial charge in [0.25, 0.3) is 0 Å². The van der Waals surface area contributed by atoms with Gasteiger partial charge in [-0.3, -0.25) is 13.9 Å². The van der Waals surface area contributed by atoms with E-state index < -0.39 is 10.0 Å². The lowest BCUT2D eigenvalue weighted by atomic mass is 10.2. The van der Waals surface area contributed by atoms with E-state index in [0.717, 1.165) is 18.4 Å². The van der Waals surface area contributed by atoms with E-state index in [2.05, 4.69) is 5.32 Å². The van der Waals surface area contributed by atoms with Crippen LogP contribution in [0, 0.1) is 6.92 Å². The van der Waals surface area contributed by atoms with Crippen molar-refractivity contribution < 1.29 is 13.2 Å². The molecular formula is C23H28N4O4S. The van der Waals surface area contributed by atoms with Crippen molar-refractivity contribution in [1.29, 1.82) is 0 Å². The van der Waals surface area contributed by atoms with Crippen molar-refractivity contribution in [3.05, 3.63) is 58.5 Å². The number of fused-ring (bicyclic) bond motifs is 1. The molecule has 170 valence electrons. The minimum atomic E-state index is -3.64. The summed E-state index contributed by atoms with van der Waals surface area (Å²) in [5.41, 5.74) is 2.41. The fourth-order valence-corrected chi connectivity index (χ4v) is 5.67. The zero-order chi connectivity index (χ0) is 23.0. The lowest BCUT2D eigenvalue weighted by Crippen LogP contribution is -2.30. The second-order valence-electron chi connectivity index (χ2n) is 8.51. The van der Waals surface area contributed by atoms with Gasteiger partial charge in [-0.15, -0.1) is 0 Å². The number of rotatable bonds is 6. The highest BCUT2D eigenvalue weighted by atomic mass is 32.2. The van der Waals surface area contributed by atoms with Gasteiger partial charge >= 0.3 is 5.69 Å². The number of hydrogen-bond acceptors (Lipinski definition) is 4. The quantitative estimate of drug-likeness (QED) is 0.617. The summed E-state index contributed by atoms with van der Waals surface area (Å²) in [6, 6.07) is 12.0. The first kappa shape index (κ1) is 22.3. The third-order valence-electron chi connectivity index (χ3n) is 5.79. The van der Waals surface area contributed by atoms with Crippen molar-refractivity contribution in [3.8, 4) is 0 Å². The summed E-state index contributed by atoms with van der Waals surface area (Å²) in [6.07, 6.45) is 1.68. The Morgan fingerprint density at radius 1 is 1.03 bits per heavy atom. The summed E-state index contributed by atoms with van der Waals surface area (Å²) < 4.78 is 30.5. The van der Waals surface area contributed by atoms with Crippen molar-refractivity contribution in [1.82, 2.24) is 13.4 Å². The minimum absolute atomic E-state index is 0.139. The first-order valence-corrected chi connectivity index (χ1v) is 12.2. The molecule has 32 heavy (non-hydrogen) atoms. The van der Waals surface area contributed by atoms with Crippen molar-refractivity contribution in [2.45, 2.75) is 51.1 Å². The van der Waals surface area contributed by atoms with E-state index in [1.165, 1.54) is 14.9 Å². The maximum Gasteiger partial charge on any atom is 0.329 e. The van der Waals surface area contributed by atoms with Gasteiger partial charge in [0, 0.05) is 24.8 Å². The van der Waals surface area contributed by atoms with Crippen LogP contribution >= 0.6 is 0 Å². The monoisotopic (exact) mass is 456 g/mol. The first-order valence-electron chi connectivity index (χ1n) is 10.8. The fraction of sp³-hybridized carbons (Fsp3) is 0.391. The molecule has 1 aliphatic rings. The minimum Gasteiger partial charge on any atom is -0.325 e. The molecule has 2 aromatic carbocycles. The van der Waals surface area contributed by atoms with Crippen LogP contribution in [0.5, 0.6) is 0 Å². The number of anilines is 1. The average Bonchev–Trinajstić information content (AvgIpc) is 3.37. The molecule has 4 rings (SSSR count). The third-order valence-corrected chi connectivity index (χ3v) is 7.69. The van der Waals surface area contributed by atoms with Gasteiger partial charge in [0.05, 0.1) is 15.9 Å². The Bertz CT molecular complexity index is 1310. The van der Waals surface area contributed by atoms with Crippen molar-refractivity contribution in [3.63, 3.8) is 0 Å². The van der Waals surface area contributed by atoms with Crippen LogP contribution in [0.25, 0.3) is 11.0 Å². The molecule has 1 amide bonds. The van der Waals surface area contributed by atoms with Crippen LogP contribution in [0.4, 0.5) is 5.69 Å². The molecule has 9 heteroatoms. The molecular weight excluding hydrogens is 428 g/mol. The molecule has 1 N–H and O–H groups in total. The summed E-state index contributed by atoms with van der Waals surface area (Å²) in [4.78, 5) is 26.0. The van der Waals surface area contributed by atoms with Gasteiger partial charge in [0.15, 0.2) is 0 Å². The second-order valence-corrected chi connectivity index (χ2v) is 10.4. The normalized spacial score (nSPS) is 15.0. The molecule has 1 aromatic heterocycles. The summed E-state index contributed by atoms with van der Waals surface area (Å²) in [6.45, 7) is 6.51. The van der Waals surface area contributed by atoms with Crippen LogP contribution in [-0.2, 0) is 21.4 Å². The van der Waals surface area contributed by atoms with E-state index in [0.29, 0.717) is 29.8 Å². The predicted octanol–water partition coefficient (Wildman–Crippen LogP) is 3.12. The number of aromatic nitrogens is 2. The molecule has 8 nitrogen and oxygen atoms in total. The zero-order valence-corrected chi connectivity index (χ0v) is 19.4. The van der Waals surface area contributed by atoms with Gasteiger partial charge in [-0.05, 0) is 63.9 Å².